The van der Waals surface area contributed by atoms with Gasteiger partial charge in [-0.3, -0.25) is 0 Å². The summed E-state index contributed by atoms with van der Waals surface area (Å²) in [5.74, 6) is 0. The molecule has 0 atom stereocenters. The zero-order valence-corrected chi connectivity index (χ0v) is 9.15. The first kappa shape index (κ1) is 10.1. The summed E-state index contributed by atoms with van der Waals surface area (Å²) in [6.07, 6.45) is 0. The summed E-state index contributed by atoms with van der Waals surface area (Å²) in [4.78, 5) is 0. The van der Waals surface area contributed by atoms with Crippen molar-refractivity contribution in [3.8, 4) is 0 Å². The van der Waals surface area contributed by atoms with Crippen LogP contribution < -0.4 is 0 Å². The molecule has 0 saturated carbocycles. The summed E-state index contributed by atoms with van der Waals surface area (Å²) >= 11 is 0. The number of hydrogen-bond donors (Lipinski definition) is 0. The van der Waals surface area contributed by atoms with Crippen molar-refractivity contribution in [1.29, 1.82) is 0 Å². The molecule has 0 unspecified atom stereocenters. The van der Waals surface area contributed by atoms with Crippen molar-refractivity contribution in [1.82, 2.24) is 0 Å². The van der Waals surface area contributed by atoms with E-state index in [1.165, 1.54) is 0 Å². The van der Waals surface area contributed by atoms with Crippen LogP contribution in [-0.2, 0) is 32.7 Å². The summed E-state index contributed by atoms with van der Waals surface area (Å²) in [6.45, 7) is 3.91. The Morgan fingerprint density at radius 3 is 1.80 bits per heavy atom. The van der Waals surface area contributed by atoms with Gasteiger partial charge in [0.25, 0.3) is 0 Å². The molecule has 0 aliphatic carbocycles. The minimum absolute atomic E-state index is 0. The molecule has 1 N–H and O–H groups in total. The first-order valence-electron chi connectivity index (χ1n) is 2.99. The fraction of sp³-hybridized carbons (Fsp3) is 0.250. The molecule has 0 aromatic heterocycles. The van der Waals surface area contributed by atoms with E-state index in [0.29, 0.717) is 5.69 Å². The number of hydrogen-bond acceptors (Lipinski definition) is 0. The first-order valence-corrected chi connectivity index (χ1v) is 2.99. The van der Waals surface area contributed by atoms with Crippen LogP contribution in [0.3, 0.4) is 0 Å². The Morgan fingerprint density at radius 1 is 1.10 bits per heavy atom. The van der Waals surface area contributed by atoms with Crippen molar-refractivity contribution in [3.63, 3.8) is 0 Å². The Hall–Kier alpha value is 0.124. The SMILES string of the molecule is Cc1cccc(C)c1[NH-].[Y+3]. The number of rotatable bonds is 0. The van der Waals surface area contributed by atoms with E-state index in [9.17, 15) is 0 Å². The second-order valence-electron chi connectivity index (χ2n) is 2.27. The molecule has 48 valence electrons. The van der Waals surface area contributed by atoms with Crippen LogP contribution in [0.25, 0.3) is 5.73 Å². The molecule has 1 aromatic rings. The summed E-state index contributed by atoms with van der Waals surface area (Å²) in [5, 5.41) is 0. The average Bonchev–Trinajstić information content (AvgIpc) is 1.83. The van der Waals surface area contributed by atoms with Crippen LogP contribution in [0.4, 0.5) is 5.69 Å². The predicted octanol–water partition coefficient (Wildman–Crippen LogP) is 2.98. The number of benzene rings is 1. The van der Waals surface area contributed by atoms with Crippen LogP contribution in [0.1, 0.15) is 11.1 Å². The third kappa shape index (κ3) is 2.07. The Kier molecular flexibility index (Phi) is 4.15. The molecular weight excluding hydrogens is 199 g/mol. The van der Waals surface area contributed by atoms with Crippen molar-refractivity contribution in [2.24, 2.45) is 0 Å². The molecule has 0 radical (unpaired) electrons. The van der Waals surface area contributed by atoms with Gasteiger partial charge in [-0.2, -0.15) is 0 Å². The normalized spacial score (nSPS) is 8.60. The average molecular weight is 209 g/mol. The summed E-state index contributed by atoms with van der Waals surface area (Å²) in [6, 6.07) is 5.88. The van der Waals surface area contributed by atoms with E-state index in [1.807, 2.05) is 32.0 Å². The van der Waals surface area contributed by atoms with E-state index in [1.54, 1.807) is 0 Å². The maximum Gasteiger partial charge on any atom is 3.00 e. The van der Waals surface area contributed by atoms with Gasteiger partial charge < -0.3 is 5.73 Å². The number of aryl methyl sites for hydroxylation is 2. The predicted molar refractivity (Wildman–Crippen MR) is 39.9 cm³/mol. The molecule has 2 heteroatoms. The van der Waals surface area contributed by atoms with Crippen LogP contribution in [0.15, 0.2) is 18.2 Å². The molecule has 0 saturated heterocycles. The van der Waals surface area contributed by atoms with Crippen molar-refractivity contribution in [2.75, 3.05) is 0 Å². The van der Waals surface area contributed by atoms with Gasteiger partial charge in [0.2, 0.25) is 0 Å². The standard InChI is InChI=1S/C8H10N.Y/c1-6-4-3-5-7(2)8(6)9;/h3-5,9H,1-2H3;/q-1;+3. The van der Waals surface area contributed by atoms with Gasteiger partial charge in [-0.05, 0) is 13.8 Å². The molecule has 0 aliphatic rings. The minimum atomic E-state index is 0. The third-order valence-corrected chi connectivity index (χ3v) is 1.48. The van der Waals surface area contributed by atoms with E-state index in [-0.39, 0.29) is 32.7 Å². The minimum Gasteiger partial charge on any atom is -0.698 e. The monoisotopic (exact) mass is 209 g/mol. The molecule has 0 spiro atoms. The van der Waals surface area contributed by atoms with Crippen molar-refractivity contribution < 1.29 is 32.7 Å². The zero-order valence-electron chi connectivity index (χ0n) is 6.31. The molecule has 10 heavy (non-hydrogen) atoms. The fourth-order valence-corrected chi connectivity index (χ4v) is 0.814. The van der Waals surface area contributed by atoms with E-state index in [0.717, 1.165) is 11.1 Å². The van der Waals surface area contributed by atoms with E-state index in [4.69, 9.17) is 5.73 Å². The van der Waals surface area contributed by atoms with Crippen molar-refractivity contribution >= 4 is 5.69 Å². The summed E-state index contributed by atoms with van der Waals surface area (Å²) < 4.78 is 0. The van der Waals surface area contributed by atoms with Crippen molar-refractivity contribution in [3.05, 3.63) is 35.1 Å². The molecule has 1 aromatic carbocycles. The second kappa shape index (κ2) is 4.10. The number of nitrogens with one attached hydrogen (secondary N) is 1. The molecule has 0 bridgehead atoms. The van der Waals surface area contributed by atoms with Gasteiger partial charge in [-0.25, -0.2) is 0 Å². The van der Waals surface area contributed by atoms with Crippen LogP contribution in [0.5, 0.6) is 0 Å². The zero-order chi connectivity index (χ0) is 6.85. The van der Waals surface area contributed by atoms with Crippen LogP contribution in [0, 0.1) is 13.8 Å². The molecule has 0 amide bonds. The largest absolute Gasteiger partial charge is 3.00 e. The second-order valence-corrected chi connectivity index (χ2v) is 2.27. The van der Waals surface area contributed by atoms with Gasteiger partial charge in [0.1, 0.15) is 0 Å². The molecule has 0 fully saturated rings. The van der Waals surface area contributed by atoms with Crippen LogP contribution in [-0.4, -0.2) is 0 Å². The third-order valence-electron chi connectivity index (χ3n) is 1.48. The smallest absolute Gasteiger partial charge is 0.698 e. The van der Waals surface area contributed by atoms with Crippen LogP contribution >= 0.6 is 0 Å². The maximum atomic E-state index is 7.44. The summed E-state index contributed by atoms with van der Waals surface area (Å²) in [7, 11) is 0. The molecule has 0 aliphatic heterocycles. The Bertz CT molecular complexity index is 200. The van der Waals surface area contributed by atoms with E-state index < -0.39 is 0 Å². The first-order chi connectivity index (χ1) is 4.22. The van der Waals surface area contributed by atoms with Gasteiger partial charge in [0, 0.05) is 0 Å². The van der Waals surface area contributed by atoms with Crippen molar-refractivity contribution in [2.45, 2.75) is 13.8 Å². The van der Waals surface area contributed by atoms with Gasteiger partial charge in [0.15, 0.2) is 0 Å². The van der Waals surface area contributed by atoms with Gasteiger partial charge in [-0.15, -0.1) is 5.69 Å². The molecular formula is C8H10NY+2. The molecule has 0 heterocycles. The van der Waals surface area contributed by atoms with Gasteiger partial charge in [-0.1, -0.05) is 29.3 Å². The Labute approximate surface area is 86.9 Å². The summed E-state index contributed by atoms with van der Waals surface area (Å²) in [5.41, 5.74) is 10.2. The van der Waals surface area contributed by atoms with E-state index >= 15 is 0 Å². The maximum absolute atomic E-state index is 7.44. The van der Waals surface area contributed by atoms with Crippen LogP contribution in [0.2, 0.25) is 0 Å². The molecule has 1 nitrogen and oxygen atoms in total. The Morgan fingerprint density at radius 2 is 1.50 bits per heavy atom. The van der Waals surface area contributed by atoms with E-state index in [2.05, 4.69) is 0 Å². The van der Waals surface area contributed by atoms with Gasteiger partial charge >= 0.3 is 32.7 Å². The Balaban J connectivity index is 0.000000810. The topological polar surface area (TPSA) is 23.8 Å². The van der Waals surface area contributed by atoms with Gasteiger partial charge in [0.05, 0.1) is 0 Å². The molecule has 1 rings (SSSR count). The quantitative estimate of drug-likeness (QED) is 0.627. The fourth-order valence-electron chi connectivity index (χ4n) is 0.814.